The number of nitrogens with two attached hydrogens (primary N) is 1. The van der Waals surface area contributed by atoms with Crippen LogP contribution in [0.25, 0.3) is 11.1 Å². The highest BCUT2D eigenvalue weighted by molar-refractivity contribution is 6.02. The Hall–Kier alpha value is -2.23. The van der Waals surface area contributed by atoms with Gasteiger partial charge < -0.3 is 15.4 Å². The largest absolute Gasteiger partial charge is 0.508 e. The standard InChI is InChI=1S/C20H28N2O2/c1-4-6-11-17-19(15-9-8-10-16(23)13-15)18(20(21)24)14(3)22(17)12-7-5-2/h8-10,13,23H,4-7,11-12H2,1-3H3,(H2,21,24). The highest BCUT2D eigenvalue weighted by Crippen LogP contribution is 2.35. The third kappa shape index (κ3) is 3.64. The molecule has 1 aromatic carbocycles. The van der Waals surface area contributed by atoms with Crippen molar-refractivity contribution in [3.63, 3.8) is 0 Å². The van der Waals surface area contributed by atoms with E-state index in [9.17, 15) is 9.90 Å². The van der Waals surface area contributed by atoms with Crippen LogP contribution in [0, 0.1) is 6.92 Å². The Morgan fingerprint density at radius 1 is 1.21 bits per heavy atom. The third-order valence-electron chi connectivity index (χ3n) is 4.51. The van der Waals surface area contributed by atoms with Crippen molar-refractivity contribution in [1.82, 2.24) is 4.57 Å². The van der Waals surface area contributed by atoms with Crippen LogP contribution in [0.3, 0.4) is 0 Å². The number of aromatic hydroxyl groups is 1. The van der Waals surface area contributed by atoms with Crippen molar-refractivity contribution in [2.45, 2.75) is 59.4 Å². The molecule has 0 aliphatic heterocycles. The molecule has 0 radical (unpaired) electrons. The van der Waals surface area contributed by atoms with Gasteiger partial charge in [-0.05, 0) is 43.9 Å². The van der Waals surface area contributed by atoms with Crippen molar-refractivity contribution in [2.75, 3.05) is 0 Å². The van der Waals surface area contributed by atoms with E-state index in [4.69, 9.17) is 5.73 Å². The molecule has 0 spiro atoms. The van der Waals surface area contributed by atoms with E-state index >= 15 is 0 Å². The molecular weight excluding hydrogens is 300 g/mol. The lowest BCUT2D eigenvalue weighted by molar-refractivity contribution is 0.1000. The summed E-state index contributed by atoms with van der Waals surface area (Å²) in [6.45, 7) is 7.18. The van der Waals surface area contributed by atoms with Gasteiger partial charge in [0.15, 0.2) is 0 Å². The average molecular weight is 328 g/mol. The summed E-state index contributed by atoms with van der Waals surface area (Å²) in [6.07, 6.45) is 5.20. The minimum absolute atomic E-state index is 0.198. The molecule has 0 fully saturated rings. The first-order valence-electron chi connectivity index (χ1n) is 8.82. The first-order chi connectivity index (χ1) is 11.5. The van der Waals surface area contributed by atoms with Crippen LogP contribution in [-0.2, 0) is 13.0 Å². The number of rotatable bonds is 8. The molecule has 2 aromatic rings. The van der Waals surface area contributed by atoms with Crippen molar-refractivity contribution in [2.24, 2.45) is 5.73 Å². The number of carbonyl (C=O) groups is 1. The highest BCUT2D eigenvalue weighted by atomic mass is 16.3. The van der Waals surface area contributed by atoms with Crippen LogP contribution >= 0.6 is 0 Å². The average Bonchev–Trinajstić information content (AvgIpc) is 2.83. The minimum atomic E-state index is -0.404. The Morgan fingerprint density at radius 3 is 2.50 bits per heavy atom. The van der Waals surface area contributed by atoms with Gasteiger partial charge in [0.25, 0.3) is 5.91 Å². The van der Waals surface area contributed by atoms with Crippen molar-refractivity contribution < 1.29 is 9.90 Å². The summed E-state index contributed by atoms with van der Waals surface area (Å²) >= 11 is 0. The van der Waals surface area contributed by atoms with Gasteiger partial charge in [0.2, 0.25) is 0 Å². The van der Waals surface area contributed by atoms with Crippen LogP contribution in [0.1, 0.15) is 61.3 Å². The van der Waals surface area contributed by atoms with Crippen LogP contribution in [0.2, 0.25) is 0 Å². The number of phenols is 1. The van der Waals surface area contributed by atoms with Gasteiger partial charge in [-0.1, -0.05) is 38.8 Å². The van der Waals surface area contributed by atoms with Gasteiger partial charge in [-0.25, -0.2) is 0 Å². The van der Waals surface area contributed by atoms with E-state index in [0.29, 0.717) is 5.56 Å². The zero-order valence-corrected chi connectivity index (χ0v) is 14.9. The number of unbranched alkanes of at least 4 members (excludes halogenated alkanes) is 2. The monoisotopic (exact) mass is 328 g/mol. The molecule has 0 saturated heterocycles. The van der Waals surface area contributed by atoms with Crippen LogP contribution in [-0.4, -0.2) is 15.6 Å². The third-order valence-corrected chi connectivity index (χ3v) is 4.51. The number of phenolic OH excluding ortho intramolecular Hbond substituents is 1. The van der Waals surface area contributed by atoms with Crippen molar-refractivity contribution >= 4 is 5.91 Å². The van der Waals surface area contributed by atoms with Crippen molar-refractivity contribution in [1.29, 1.82) is 0 Å². The molecule has 4 nitrogen and oxygen atoms in total. The summed E-state index contributed by atoms with van der Waals surface area (Å²) in [5, 5.41) is 9.87. The van der Waals surface area contributed by atoms with E-state index in [1.165, 1.54) is 0 Å². The van der Waals surface area contributed by atoms with E-state index in [1.807, 2.05) is 13.0 Å². The fourth-order valence-electron chi connectivity index (χ4n) is 3.29. The second-order valence-corrected chi connectivity index (χ2v) is 6.31. The van der Waals surface area contributed by atoms with Gasteiger partial charge in [-0.3, -0.25) is 4.79 Å². The molecule has 0 saturated carbocycles. The number of primary amides is 1. The molecule has 0 unspecified atom stereocenters. The molecule has 130 valence electrons. The Morgan fingerprint density at radius 2 is 1.92 bits per heavy atom. The zero-order valence-electron chi connectivity index (χ0n) is 14.9. The molecule has 3 N–H and O–H groups in total. The minimum Gasteiger partial charge on any atom is -0.508 e. The van der Waals surface area contributed by atoms with Crippen molar-refractivity contribution in [3.05, 3.63) is 41.2 Å². The Bertz CT molecular complexity index is 717. The second-order valence-electron chi connectivity index (χ2n) is 6.31. The highest BCUT2D eigenvalue weighted by Gasteiger charge is 2.24. The molecule has 2 rings (SSSR count). The lowest BCUT2D eigenvalue weighted by Crippen LogP contribution is -2.13. The van der Waals surface area contributed by atoms with E-state index < -0.39 is 5.91 Å². The Labute approximate surface area is 144 Å². The Kier molecular flexibility index (Phi) is 6.07. The topological polar surface area (TPSA) is 68.2 Å². The maximum Gasteiger partial charge on any atom is 0.251 e. The molecule has 0 bridgehead atoms. The smallest absolute Gasteiger partial charge is 0.251 e. The predicted molar refractivity (Wildman–Crippen MR) is 98.3 cm³/mol. The number of nitrogens with zero attached hydrogens (tertiary/aromatic N) is 1. The molecule has 1 aromatic heterocycles. The number of benzene rings is 1. The van der Waals surface area contributed by atoms with E-state index in [0.717, 1.165) is 61.2 Å². The SMILES string of the molecule is CCCCc1c(-c2cccc(O)c2)c(C(N)=O)c(C)n1CCCC. The van der Waals surface area contributed by atoms with Gasteiger partial charge in [-0.2, -0.15) is 0 Å². The molecule has 24 heavy (non-hydrogen) atoms. The first kappa shape index (κ1) is 18.1. The fraction of sp³-hybridized carbons (Fsp3) is 0.450. The number of amides is 1. The van der Waals surface area contributed by atoms with E-state index in [1.54, 1.807) is 18.2 Å². The zero-order chi connectivity index (χ0) is 17.7. The van der Waals surface area contributed by atoms with Crippen LogP contribution in [0.4, 0.5) is 0 Å². The molecule has 1 amide bonds. The van der Waals surface area contributed by atoms with E-state index in [-0.39, 0.29) is 5.75 Å². The Balaban J connectivity index is 2.70. The van der Waals surface area contributed by atoms with Crippen molar-refractivity contribution in [3.8, 4) is 16.9 Å². The molecular formula is C20H28N2O2. The quantitative estimate of drug-likeness (QED) is 0.753. The van der Waals surface area contributed by atoms with Crippen LogP contribution < -0.4 is 5.73 Å². The van der Waals surface area contributed by atoms with Crippen LogP contribution in [0.5, 0.6) is 5.75 Å². The summed E-state index contributed by atoms with van der Waals surface area (Å²) < 4.78 is 2.25. The lowest BCUT2D eigenvalue weighted by Gasteiger charge is -2.13. The lowest BCUT2D eigenvalue weighted by atomic mass is 9.97. The predicted octanol–water partition coefficient (Wildman–Crippen LogP) is 4.41. The summed E-state index contributed by atoms with van der Waals surface area (Å²) in [5.74, 6) is -0.206. The maximum atomic E-state index is 12.2. The van der Waals surface area contributed by atoms with Gasteiger partial charge in [0.05, 0.1) is 5.56 Å². The normalized spacial score (nSPS) is 11.0. The number of carbonyl (C=O) groups excluding carboxylic acids is 1. The van der Waals surface area contributed by atoms with Crippen LogP contribution in [0.15, 0.2) is 24.3 Å². The molecule has 4 heteroatoms. The molecule has 0 atom stereocenters. The molecule has 0 aliphatic carbocycles. The summed E-state index contributed by atoms with van der Waals surface area (Å²) in [7, 11) is 0. The summed E-state index contributed by atoms with van der Waals surface area (Å²) in [6, 6.07) is 7.08. The summed E-state index contributed by atoms with van der Waals surface area (Å²) in [4.78, 5) is 12.2. The second kappa shape index (κ2) is 8.04. The molecule has 1 heterocycles. The van der Waals surface area contributed by atoms with Gasteiger partial charge in [0.1, 0.15) is 5.75 Å². The van der Waals surface area contributed by atoms with Gasteiger partial charge in [0, 0.05) is 23.5 Å². The van der Waals surface area contributed by atoms with Gasteiger partial charge in [-0.15, -0.1) is 0 Å². The van der Waals surface area contributed by atoms with Gasteiger partial charge >= 0.3 is 0 Å². The molecule has 0 aliphatic rings. The fourth-order valence-corrected chi connectivity index (χ4v) is 3.29. The van der Waals surface area contributed by atoms with E-state index in [2.05, 4.69) is 18.4 Å². The number of hydrogen-bond acceptors (Lipinski definition) is 2. The summed E-state index contributed by atoms with van der Waals surface area (Å²) in [5.41, 5.74) is 10.1. The number of aromatic nitrogens is 1. The maximum absolute atomic E-state index is 12.2. The number of hydrogen-bond donors (Lipinski definition) is 2. The first-order valence-corrected chi connectivity index (χ1v) is 8.82.